The molecule has 0 spiro atoms. The zero-order valence-corrected chi connectivity index (χ0v) is 12.1. The highest BCUT2D eigenvalue weighted by Gasteiger charge is 2.17. The highest BCUT2D eigenvalue weighted by atomic mass is 35.5. The third kappa shape index (κ3) is 3.48. The fourth-order valence-corrected chi connectivity index (χ4v) is 2.59. The first-order chi connectivity index (χ1) is 9.51. The fraction of sp³-hybridized carbons (Fsp3) is 0.200. The monoisotopic (exact) mass is 315 g/mol. The van der Waals surface area contributed by atoms with Crippen molar-refractivity contribution in [3.63, 3.8) is 0 Å². The molecule has 0 aliphatic heterocycles. The predicted molar refractivity (Wildman–Crippen MR) is 78.3 cm³/mol. The lowest BCUT2D eigenvalue weighted by molar-refractivity contribution is 0.551. The molecule has 20 heavy (non-hydrogen) atoms. The minimum Gasteiger partial charge on any atom is -0.330 e. The van der Waals surface area contributed by atoms with E-state index in [-0.39, 0.29) is 12.5 Å². The second-order valence-electron chi connectivity index (χ2n) is 4.54. The van der Waals surface area contributed by atoms with Crippen LogP contribution in [0.25, 0.3) is 0 Å². The van der Waals surface area contributed by atoms with E-state index >= 15 is 0 Å². The SMILES string of the molecule is NCC(Cc1ccc(Cl)cc1Cl)c1ccc(F)cc1F. The van der Waals surface area contributed by atoms with Gasteiger partial charge in [0.1, 0.15) is 11.6 Å². The van der Waals surface area contributed by atoms with Crippen molar-refractivity contribution >= 4 is 23.2 Å². The van der Waals surface area contributed by atoms with Crippen LogP contribution in [0.5, 0.6) is 0 Å². The molecule has 2 rings (SSSR count). The molecule has 0 bridgehead atoms. The van der Waals surface area contributed by atoms with Gasteiger partial charge in [-0.1, -0.05) is 35.3 Å². The average Bonchev–Trinajstić information content (AvgIpc) is 2.39. The highest BCUT2D eigenvalue weighted by Crippen LogP contribution is 2.28. The quantitative estimate of drug-likeness (QED) is 0.879. The van der Waals surface area contributed by atoms with E-state index in [4.69, 9.17) is 28.9 Å². The van der Waals surface area contributed by atoms with Crippen molar-refractivity contribution < 1.29 is 8.78 Å². The molecule has 1 nitrogen and oxygen atoms in total. The zero-order valence-electron chi connectivity index (χ0n) is 10.5. The number of nitrogens with two attached hydrogens (primary N) is 1. The van der Waals surface area contributed by atoms with Crippen LogP contribution in [-0.4, -0.2) is 6.54 Å². The summed E-state index contributed by atoms with van der Waals surface area (Å²) in [6.07, 6.45) is 0.467. The van der Waals surface area contributed by atoms with Crippen LogP contribution in [0.2, 0.25) is 10.0 Å². The normalized spacial score (nSPS) is 12.4. The molecule has 1 unspecified atom stereocenters. The van der Waals surface area contributed by atoms with Crippen LogP contribution in [0, 0.1) is 11.6 Å². The van der Waals surface area contributed by atoms with Gasteiger partial charge in [-0.15, -0.1) is 0 Å². The lowest BCUT2D eigenvalue weighted by atomic mass is 9.91. The maximum Gasteiger partial charge on any atom is 0.129 e. The minimum absolute atomic E-state index is 0.238. The number of halogens is 4. The number of hydrogen-bond donors (Lipinski definition) is 1. The van der Waals surface area contributed by atoms with E-state index in [0.717, 1.165) is 11.6 Å². The molecule has 0 aliphatic carbocycles. The van der Waals surface area contributed by atoms with Gasteiger partial charge in [0, 0.05) is 22.0 Å². The van der Waals surface area contributed by atoms with Crippen molar-refractivity contribution in [1.82, 2.24) is 0 Å². The maximum atomic E-state index is 13.8. The van der Waals surface area contributed by atoms with Gasteiger partial charge in [-0.25, -0.2) is 8.78 Å². The lowest BCUT2D eigenvalue weighted by Gasteiger charge is -2.17. The van der Waals surface area contributed by atoms with E-state index in [1.807, 2.05) is 0 Å². The highest BCUT2D eigenvalue weighted by molar-refractivity contribution is 6.35. The lowest BCUT2D eigenvalue weighted by Crippen LogP contribution is -2.16. The van der Waals surface area contributed by atoms with Crippen molar-refractivity contribution in [3.05, 3.63) is 69.2 Å². The van der Waals surface area contributed by atoms with Crippen molar-refractivity contribution in [2.75, 3.05) is 6.54 Å². The molecule has 0 aromatic heterocycles. The Kier molecular flexibility index (Phi) is 4.97. The predicted octanol–water partition coefficient (Wildman–Crippen LogP) is 4.56. The Bertz CT molecular complexity index is 617. The summed E-state index contributed by atoms with van der Waals surface area (Å²) in [5.41, 5.74) is 6.93. The Balaban J connectivity index is 2.28. The van der Waals surface area contributed by atoms with Crippen LogP contribution in [0.1, 0.15) is 17.0 Å². The van der Waals surface area contributed by atoms with Gasteiger partial charge in [-0.2, -0.15) is 0 Å². The van der Waals surface area contributed by atoms with Gasteiger partial charge in [0.05, 0.1) is 0 Å². The Morgan fingerprint density at radius 2 is 1.80 bits per heavy atom. The summed E-state index contributed by atoms with van der Waals surface area (Å²) in [6, 6.07) is 8.65. The molecule has 0 aliphatic rings. The molecule has 5 heteroatoms. The van der Waals surface area contributed by atoms with E-state index in [9.17, 15) is 8.78 Å². The third-order valence-electron chi connectivity index (χ3n) is 3.17. The van der Waals surface area contributed by atoms with Crippen LogP contribution in [0.15, 0.2) is 36.4 Å². The first-order valence-electron chi connectivity index (χ1n) is 6.10. The Hall–Kier alpha value is -1.16. The second kappa shape index (κ2) is 6.53. The van der Waals surface area contributed by atoms with Crippen LogP contribution >= 0.6 is 23.2 Å². The molecular formula is C15H13Cl2F2N. The average molecular weight is 316 g/mol. The number of benzene rings is 2. The standard InChI is InChI=1S/C15H13Cl2F2N/c16-11-2-1-9(14(17)6-11)5-10(8-20)13-4-3-12(18)7-15(13)19/h1-4,6-7,10H,5,8,20H2. The Morgan fingerprint density at radius 3 is 2.40 bits per heavy atom. The Morgan fingerprint density at radius 1 is 1.05 bits per heavy atom. The number of hydrogen-bond acceptors (Lipinski definition) is 1. The third-order valence-corrected chi connectivity index (χ3v) is 3.76. The molecular weight excluding hydrogens is 303 g/mol. The van der Waals surface area contributed by atoms with Crippen LogP contribution in [0.3, 0.4) is 0 Å². The zero-order chi connectivity index (χ0) is 14.7. The summed E-state index contributed by atoms with van der Waals surface area (Å²) in [5, 5.41) is 1.05. The van der Waals surface area contributed by atoms with Gasteiger partial charge in [-0.05, 0) is 42.3 Å². The maximum absolute atomic E-state index is 13.8. The molecule has 2 N–H and O–H groups in total. The van der Waals surface area contributed by atoms with Crippen LogP contribution < -0.4 is 5.73 Å². The number of rotatable bonds is 4. The van der Waals surface area contributed by atoms with E-state index < -0.39 is 11.6 Å². The second-order valence-corrected chi connectivity index (χ2v) is 5.38. The van der Waals surface area contributed by atoms with Crippen molar-refractivity contribution in [1.29, 1.82) is 0 Å². The molecule has 0 amide bonds. The fourth-order valence-electron chi connectivity index (χ4n) is 2.11. The summed E-state index contributed by atoms with van der Waals surface area (Å²) in [7, 11) is 0. The molecule has 106 valence electrons. The minimum atomic E-state index is -0.605. The van der Waals surface area contributed by atoms with E-state index in [0.29, 0.717) is 22.0 Å². The summed E-state index contributed by atoms with van der Waals surface area (Å²) in [5.74, 6) is -1.47. The molecule has 2 aromatic carbocycles. The first kappa shape index (κ1) is 15.2. The van der Waals surface area contributed by atoms with E-state index in [1.54, 1.807) is 18.2 Å². The molecule has 0 heterocycles. The van der Waals surface area contributed by atoms with Crippen molar-refractivity contribution in [2.24, 2.45) is 5.73 Å². The summed E-state index contributed by atoms with van der Waals surface area (Å²) in [6.45, 7) is 0.238. The largest absolute Gasteiger partial charge is 0.330 e. The molecule has 0 saturated carbocycles. The smallest absolute Gasteiger partial charge is 0.129 e. The molecule has 0 fully saturated rings. The van der Waals surface area contributed by atoms with Gasteiger partial charge < -0.3 is 5.73 Å². The summed E-state index contributed by atoms with van der Waals surface area (Å²) in [4.78, 5) is 0. The van der Waals surface area contributed by atoms with Crippen molar-refractivity contribution in [2.45, 2.75) is 12.3 Å². The van der Waals surface area contributed by atoms with Crippen LogP contribution in [-0.2, 0) is 6.42 Å². The van der Waals surface area contributed by atoms with Gasteiger partial charge >= 0.3 is 0 Å². The molecule has 2 aromatic rings. The molecule has 0 saturated heterocycles. The van der Waals surface area contributed by atoms with E-state index in [2.05, 4.69) is 0 Å². The van der Waals surface area contributed by atoms with Gasteiger partial charge in [0.2, 0.25) is 0 Å². The molecule has 1 atom stereocenters. The topological polar surface area (TPSA) is 26.0 Å². The summed E-state index contributed by atoms with van der Waals surface area (Å²) < 4.78 is 26.7. The van der Waals surface area contributed by atoms with Crippen LogP contribution in [0.4, 0.5) is 8.78 Å². The first-order valence-corrected chi connectivity index (χ1v) is 6.85. The molecule has 0 radical (unpaired) electrons. The van der Waals surface area contributed by atoms with Crippen molar-refractivity contribution in [3.8, 4) is 0 Å². The van der Waals surface area contributed by atoms with E-state index in [1.165, 1.54) is 12.1 Å². The Labute approximate surface area is 126 Å². The van der Waals surface area contributed by atoms with Gasteiger partial charge in [-0.3, -0.25) is 0 Å². The summed E-state index contributed by atoms with van der Waals surface area (Å²) >= 11 is 11.9. The van der Waals surface area contributed by atoms with Gasteiger partial charge in [0.15, 0.2) is 0 Å². The van der Waals surface area contributed by atoms with Gasteiger partial charge in [0.25, 0.3) is 0 Å².